The Kier molecular flexibility index (Phi) is 3.98. The average molecular weight is 413 g/mol. The van der Waals surface area contributed by atoms with Crippen molar-refractivity contribution in [2.45, 2.75) is 19.8 Å². The van der Waals surface area contributed by atoms with E-state index >= 15 is 0 Å². The average Bonchev–Trinajstić information content (AvgIpc) is 3.57. The minimum absolute atomic E-state index is 0.125. The van der Waals surface area contributed by atoms with Crippen LogP contribution >= 0.6 is 0 Å². The zero-order chi connectivity index (χ0) is 21.3. The van der Waals surface area contributed by atoms with E-state index in [1.807, 2.05) is 12.1 Å². The Morgan fingerprint density at radius 1 is 0.968 bits per heavy atom. The first-order chi connectivity index (χ1) is 15.1. The summed E-state index contributed by atoms with van der Waals surface area (Å²) in [6.07, 6.45) is 6.36. The van der Waals surface area contributed by atoms with Gasteiger partial charge in [-0.25, -0.2) is 9.69 Å². The van der Waals surface area contributed by atoms with Crippen LogP contribution in [0.1, 0.15) is 29.3 Å². The van der Waals surface area contributed by atoms with Crippen molar-refractivity contribution in [3.8, 4) is 5.75 Å². The van der Waals surface area contributed by atoms with Crippen molar-refractivity contribution in [3.05, 3.63) is 71.8 Å². The van der Waals surface area contributed by atoms with Gasteiger partial charge in [0.15, 0.2) is 0 Å². The van der Waals surface area contributed by atoms with Gasteiger partial charge in [0.1, 0.15) is 5.75 Å². The molecule has 7 rings (SSSR count). The highest BCUT2D eigenvalue weighted by Crippen LogP contribution is 2.65. The lowest BCUT2D eigenvalue weighted by molar-refractivity contribution is -0.124. The molecule has 6 atom stereocenters. The van der Waals surface area contributed by atoms with Gasteiger partial charge < -0.3 is 4.74 Å². The maximum atomic E-state index is 13.3. The van der Waals surface area contributed by atoms with Gasteiger partial charge in [0.25, 0.3) is 0 Å². The Labute approximate surface area is 180 Å². The molecular formula is C26H23NO4. The van der Waals surface area contributed by atoms with Gasteiger partial charge in [-0.15, -0.1) is 0 Å². The van der Waals surface area contributed by atoms with Crippen LogP contribution < -0.4 is 9.64 Å². The van der Waals surface area contributed by atoms with Gasteiger partial charge in [0.2, 0.25) is 11.8 Å². The normalized spacial score (nSPS) is 32.1. The summed E-state index contributed by atoms with van der Waals surface area (Å²) in [7, 11) is 0. The summed E-state index contributed by atoms with van der Waals surface area (Å²) in [6, 6.07) is 14.0. The molecule has 0 unspecified atom stereocenters. The molecule has 0 radical (unpaired) electrons. The molecule has 0 spiro atoms. The smallest absolute Gasteiger partial charge is 0.343 e. The van der Waals surface area contributed by atoms with Crippen molar-refractivity contribution >= 4 is 23.5 Å². The number of rotatable bonds is 4. The Morgan fingerprint density at radius 3 is 2.23 bits per heavy atom. The molecule has 5 heteroatoms. The van der Waals surface area contributed by atoms with E-state index in [9.17, 15) is 14.4 Å². The molecule has 0 aromatic heterocycles. The Balaban J connectivity index is 1.26. The lowest BCUT2D eigenvalue weighted by atomic mass is 9.63. The number of hydrogen-bond donors (Lipinski definition) is 0. The van der Waals surface area contributed by atoms with Crippen molar-refractivity contribution in [2.75, 3.05) is 4.90 Å². The number of aryl methyl sites for hydroxylation is 1. The van der Waals surface area contributed by atoms with E-state index in [0.29, 0.717) is 28.8 Å². The number of anilines is 1. The highest BCUT2D eigenvalue weighted by Gasteiger charge is 2.67. The molecule has 31 heavy (non-hydrogen) atoms. The molecule has 3 fully saturated rings. The van der Waals surface area contributed by atoms with Gasteiger partial charge in [-0.1, -0.05) is 37.3 Å². The molecule has 1 aliphatic heterocycles. The maximum Gasteiger partial charge on any atom is 0.343 e. The van der Waals surface area contributed by atoms with Crippen molar-refractivity contribution in [1.82, 2.24) is 0 Å². The largest absolute Gasteiger partial charge is 0.423 e. The number of carbonyl (C=O) groups excluding carboxylic acids is 3. The summed E-state index contributed by atoms with van der Waals surface area (Å²) in [6.45, 7) is 2.06. The fourth-order valence-electron chi connectivity index (χ4n) is 5.94. The van der Waals surface area contributed by atoms with Crippen LogP contribution in [0.4, 0.5) is 5.69 Å². The zero-order valence-electron chi connectivity index (χ0n) is 17.2. The predicted octanol–water partition coefficient (Wildman–Crippen LogP) is 4.03. The number of amides is 2. The first-order valence-electron chi connectivity index (χ1n) is 11.0. The van der Waals surface area contributed by atoms with E-state index in [1.54, 1.807) is 36.4 Å². The lowest BCUT2D eigenvalue weighted by Crippen LogP contribution is -2.40. The van der Waals surface area contributed by atoms with Crippen LogP contribution in [0.3, 0.4) is 0 Å². The first-order valence-corrected chi connectivity index (χ1v) is 11.0. The van der Waals surface area contributed by atoms with E-state index in [2.05, 4.69) is 19.1 Å². The number of ether oxygens (including phenoxy) is 1. The number of allylic oxidation sites excluding steroid dienone is 2. The zero-order valence-corrected chi connectivity index (χ0v) is 17.2. The van der Waals surface area contributed by atoms with E-state index < -0.39 is 5.97 Å². The molecule has 1 saturated heterocycles. The molecule has 1 heterocycles. The summed E-state index contributed by atoms with van der Waals surface area (Å²) >= 11 is 0. The fraction of sp³-hybridized carbons (Fsp3) is 0.346. The molecule has 2 aromatic carbocycles. The van der Waals surface area contributed by atoms with Crippen LogP contribution in [0.5, 0.6) is 5.75 Å². The van der Waals surface area contributed by atoms with Crippen LogP contribution in [-0.4, -0.2) is 17.8 Å². The number of esters is 1. The molecule has 0 N–H and O–H groups in total. The summed E-state index contributed by atoms with van der Waals surface area (Å²) in [5.41, 5.74) is 1.93. The van der Waals surface area contributed by atoms with Crippen molar-refractivity contribution in [1.29, 1.82) is 0 Å². The number of benzene rings is 2. The minimum atomic E-state index is -0.509. The minimum Gasteiger partial charge on any atom is -0.423 e. The maximum absolute atomic E-state index is 13.3. The SMILES string of the molecule is CCc1ccc(OC(=O)c2cccc(N3C(=O)[C@@H]4[C@@H]5C=C[C@H]([C@H]6C[C@H]56)[C@@H]4C3=O)c2)cc1. The Hall–Kier alpha value is -3.21. The van der Waals surface area contributed by atoms with Crippen LogP contribution in [0, 0.1) is 35.5 Å². The molecule has 5 aliphatic rings. The van der Waals surface area contributed by atoms with Gasteiger partial charge in [-0.05, 0) is 72.4 Å². The number of nitrogens with zero attached hydrogens (tertiary/aromatic N) is 1. The summed E-state index contributed by atoms with van der Waals surface area (Å²) in [4.78, 5) is 40.6. The van der Waals surface area contributed by atoms with Crippen LogP contribution in [0.15, 0.2) is 60.7 Å². The molecule has 2 aromatic rings. The van der Waals surface area contributed by atoms with Crippen LogP contribution in [0.25, 0.3) is 0 Å². The highest BCUT2D eigenvalue weighted by molar-refractivity contribution is 6.23. The van der Waals surface area contributed by atoms with Gasteiger partial charge >= 0.3 is 5.97 Å². The number of imide groups is 1. The standard InChI is InChI=1S/C26H23NO4/c1-2-14-6-8-17(9-7-14)31-26(30)15-4-3-5-16(12-15)27-24(28)22-18-10-11-19(21-13-20(18)21)23(22)25(27)29/h3-12,18-23H,2,13H2,1H3/t18-,19-,20-,21-,22-,23+/m1/s1. The molecular weight excluding hydrogens is 390 g/mol. The third-order valence-corrected chi connectivity index (χ3v) is 7.55. The highest BCUT2D eigenvalue weighted by atomic mass is 16.5. The summed E-state index contributed by atoms with van der Waals surface area (Å²) in [5.74, 6) is 0.695. The molecule has 2 saturated carbocycles. The Bertz CT molecular complexity index is 1100. The first kappa shape index (κ1) is 18.6. The van der Waals surface area contributed by atoms with E-state index in [-0.39, 0.29) is 35.5 Å². The predicted molar refractivity (Wildman–Crippen MR) is 114 cm³/mol. The summed E-state index contributed by atoms with van der Waals surface area (Å²) < 4.78 is 5.49. The van der Waals surface area contributed by atoms with Crippen molar-refractivity contribution < 1.29 is 19.1 Å². The third kappa shape index (κ3) is 2.72. The van der Waals surface area contributed by atoms with Gasteiger partial charge in [0.05, 0.1) is 23.1 Å². The van der Waals surface area contributed by atoms with Crippen LogP contribution in [-0.2, 0) is 16.0 Å². The second-order valence-corrected chi connectivity index (χ2v) is 9.10. The fourth-order valence-corrected chi connectivity index (χ4v) is 5.94. The van der Waals surface area contributed by atoms with Gasteiger partial charge in [-0.2, -0.15) is 0 Å². The van der Waals surface area contributed by atoms with E-state index in [0.717, 1.165) is 18.4 Å². The van der Waals surface area contributed by atoms with Gasteiger partial charge in [0, 0.05) is 0 Å². The third-order valence-electron chi connectivity index (χ3n) is 7.55. The van der Waals surface area contributed by atoms with Gasteiger partial charge in [-0.3, -0.25) is 9.59 Å². The van der Waals surface area contributed by atoms with Crippen molar-refractivity contribution in [3.63, 3.8) is 0 Å². The second-order valence-electron chi connectivity index (χ2n) is 9.10. The monoisotopic (exact) mass is 413 g/mol. The molecule has 156 valence electrons. The molecule has 5 nitrogen and oxygen atoms in total. The van der Waals surface area contributed by atoms with E-state index in [1.165, 1.54) is 4.90 Å². The second kappa shape index (κ2) is 6.64. The van der Waals surface area contributed by atoms with Crippen molar-refractivity contribution in [2.24, 2.45) is 35.5 Å². The quantitative estimate of drug-likeness (QED) is 0.329. The topological polar surface area (TPSA) is 63.7 Å². The number of hydrogen-bond acceptors (Lipinski definition) is 4. The molecule has 2 amide bonds. The van der Waals surface area contributed by atoms with E-state index in [4.69, 9.17) is 4.74 Å². The number of carbonyl (C=O) groups is 3. The molecule has 2 bridgehead atoms. The van der Waals surface area contributed by atoms with Crippen LogP contribution in [0.2, 0.25) is 0 Å². The molecule has 4 aliphatic carbocycles. The lowest BCUT2D eigenvalue weighted by Gasteiger charge is -2.37. The Morgan fingerprint density at radius 2 is 1.61 bits per heavy atom. The summed E-state index contributed by atoms with van der Waals surface area (Å²) in [5, 5.41) is 0.